The van der Waals surface area contributed by atoms with E-state index in [1.54, 1.807) is 0 Å². The summed E-state index contributed by atoms with van der Waals surface area (Å²) in [5, 5.41) is 6.92. The van der Waals surface area contributed by atoms with Gasteiger partial charge >= 0.3 is 0 Å². The molecule has 0 bridgehead atoms. The predicted molar refractivity (Wildman–Crippen MR) is 217 cm³/mol. The van der Waals surface area contributed by atoms with E-state index >= 15 is 0 Å². The van der Waals surface area contributed by atoms with Crippen molar-refractivity contribution >= 4 is 92.4 Å². The zero-order valence-corrected chi connectivity index (χ0v) is 28.6. The van der Waals surface area contributed by atoms with Crippen LogP contribution in [0.5, 0.6) is 0 Å². The average Bonchev–Trinajstić information content (AvgIpc) is 3.92. The Morgan fingerprint density at radius 3 is 2.10 bits per heavy atom. The molecule has 8 aromatic carbocycles. The molecule has 3 aromatic heterocycles. The molecule has 0 fully saturated rings. The molecule has 0 atom stereocenters. The number of nitrogens with zero attached hydrogens (tertiary/aromatic N) is 2. The molecule has 5 heteroatoms. The third-order valence-corrected chi connectivity index (χ3v) is 11.3. The number of benzene rings is 8. The molecule has 0 amide bonds. The van der Waals surface area contributed by atoms with Crippen LogP contribution in [0.3, 0.4) is 0 Å². The largest absolute Gasteiger partial charge is 0.454 e. The first-order valence-corrected chi connectivity index (χ1v) is 18.2. The SMILES string of the molecule is c1ccc(-c2nc3c(ccc4oc5c(N(c6ccc(-c7cccc8ccccc78)cc6)c6ccc7sc8ccccc8c7c6)cccc5c43)o2)cc1. The smallest absolute Gasteiger partial charge is 0.227 e. The molecule has 0 aliphatic carbocycles. The third kappa shape index (κ3) is 4.50. The summed E-state index contributed by atoms with van der Waals surface area (Å²) in [5.41, 5.74) is 9.46. The van der Waals surface area contributed by atoms with E-state index in [1.807, 2.05) is 53.8 Å². The quantitative estimate of drug-likeness (QED) is 0.181. The van der Waals surface area contributed by atoms with E-state index in [0.29, 0.717) is 5.89 Å². The molecule has 4 nitrogen and oxygen atoms in total. The predicted octanol–water partition coefficient (Wildman–Crippen LogP) is 14.1. The van der Waals surface area contributed by atoms with Gasteiger partial charge in [-0.1, -0.05) is 103 Å². The van der Waals surface area contributed by atoms with Crippen LogP contribution in [-0.2, 0) is 0 Å². The molecule has 0 saturated heterocycles. The number of anilines is 3. The molecule has 0 aliphatic heterocycles. The van der Waals surface area contributed by atoms with E-state index in [1.165, 1.54) is 42.1 Å². The molecule has 11 rings (SSSR count). The lowest BCUT2D eigenvalue weighted by molar-refractivity contribution is 0.619. The maximum Gasteiger partial charge on any atom is 0.227 e. The van der Waals surface area contributed by atoms with E-state index in [9.17, 15) is 0 Å². The summed E-state index contributed by atoms with van der Waals surface area (Å²) in [7, 11) is 0. The second-order valence-corrected chi connectivity index (χ2v) is 14.2. The Hall–Kier alpha value is -6.69. The van der Waals surface area contributed by atoms with Crippen molar-refractivity contribution in [3.8, 4) is 22.6 Å². The summed E-state index contributed by atoms with van der Waals surface area (Å²) < 4.78 is 15.6. The number of thiophene rings is 1. The van der Waals surface area contributed by atoms with Gasteiger partial charge in [0.1, 0.15) is 11.1 Å². The fourth-order valence-electron chi connectivity index (χ4n) is 7.69. The second-order valence-electron chi connectivity index (χ2n) is 13.1. The normalized spacial score (nSPS) is 11.8. The van der Waals surface area contributed by atoms with Gasteiger partial charge < -0.3 is 13.7 Å². The Balaban J connectivity index is 1.13. The molecular formula is C47H28N2O2S. The Morgan fingerprint density at radius 1 is 0.481 bits per heavy atom. The zero-order valence-electron chi connectivity index (χ0n) is 27.8. The molecule has 0 aliphatic rings. The number of rotatable bonds is 5. The van der Waals surface area contributed by atoms with Gasteiger partial charge in [-0.25, -0.2) is 4.98 Å². The fourth-order valence-corrected chi connectivity index (χ4v) is 8.77. The van der Waals surface area contributed by atoms with Gasteiger partial charge in [-0.15, -0.1) is 11.3 Å². The van der Waals surface area contributed by atoms with Gasteiger partial charge in [-0.2, -0.15) is 0 Å². The summed E-state index contributed by atoms with van der Waals surface area (Å²) >= 11 is 1.83. The van der Waals surface area contributed by atoms with E-state index in [-0.39, 0.29) is 0 Å². The van der Waals surface area contributed by atoms with E-state index in [2.05, 4.69) is 132 Å². The molecule has 0 radical (unpaired) electrons. The number of oxazole rings is 1. The van der Waals surface area contributed by atoms with Crippen LogP contribution in [0.1, 0.15) is 0 Å². The van der Waals surface area contributed by atoms with Crippen LogP contribution < -0.4 is 4.90 Å². The Kier molecular flexibility index (Phi) is 6.39. The Morgan fingerprint density at radius 2 is 1.19 bits per heavy atom. The lowest BCUT2D eigenvalue weighted by Gasteiger charge is -2.26. The summed E-state index contributed by atoms with van der Waals surface area (Å²) in [6.07, 6.45) is 0. The molecule has 0 spiro atoms. The first-order chi connectivity index (χ1) is 25.8. The van der Waals surface area contributed by atoms with Gasteiger partial charge in [-0.05, 0) is 88.6 Å². The molecule has 0 N–H and O–H groups in total. The van der Waals surface area contributed by atoms with Gasteiger partial charge in [0.15, 0.2) is 11.2 Å². The van der Waals surface area contributed by atoms with Crippen molar-refractivity contribution in [2.24, 2.45) is 0 Å². The van der Waals surface area contributed by atoms with Gasteiger partial charge in [0.05, 0.1) is 11.1 Å². The first-order valence-electron chi connectivity index (χ1n) is 17.4. The fraction of sp³-hybridized carbons (Fsp3) is 0. The Bertz CT molecular complexity index is 3130. The minimum Gasteiger partial charge on any atom is -0.454 e. The Labute approximate surface area is 302 Å². The van der Waals surface area contributed by atoms with Crippen molar-refractivity contribution < 1.29 is 8.83 Å². The highest BCUT2D eigenvalue weighted by atomic mass is 32.1. The highest BCUT2D eigenvalue weighted by Crippen LogP contribution is 2.46. The molecule has 0 unspecified atom stereocenters. The highest BCUT2D eigenvalue weighted by Gasteiger charge is 2.23. The minimum absolute atomic E-state index is 0.595. The molecule has 0 saturated carbocycles. The molecule has 11 aromatic rings. The van der Waals surface area contributed by atoms with Crippen molar-refractivity contribution in [1.82, 2.24) is 4.98 Å². The standard InChI is InChI=1S/C47H28N2O2S/c1-2-11-31(12-3-1)47-48-45-41(51-47)26-25-40-44(45)37-17-9-18-39(46(37)50-40)49(33-24-27-43-38(28-33)36-15-6-7-19-42(36)52-43)32-22-20-30(21-23-32)35-16-8-13-29-10-4-5-14-34(29)35/h1-28H. The summed E-state index contributed by atoms with van der Waals surface area (Å²) in [5.74, 6) is 0.595. The first kappa shape index (κ1) is 29.1. The molecule has 3 heterocycles. The topological polar surface area (TPSA) is 42.4 Å². The average molecular weight is 685 g/mol. The van der Waals surface area contributed by atoms with Crippen LogP contribution in [0.15, 0.2) is 179 Å². The van der Waals surface area contributed by atoms with E-state index < -0.39 is 0 Å². The van der Waals surface area contributed by atoms with Gasteiger partial charge in [0.2, 0.25) is 5.89 Å². The number of fused-ring (bicyclic) bond motifs is 9. The third-order valence-electron chi connectivity index (χ3n) is 10.1. The molecule has 52 heavy (non-hydrogen) atoms. The molecular weight excluding hydrogens is 657 g/mol. The van der Waals surface area contributed by atoms with Gasteiger partial charge in [0.25, 0.3) is 0 Å². The lowest BCUT2D eigenvalue weighted by atomic mass is 9.98. The van der Waals surface area contributed by atoms with Crippen LogP contribution >= 0.6 is 11.3 Å². The van der Waals surface area contributed by atoms with Crippen molar-refractivity contribution in [2.75, 3.05) is 4.90 Å². The summed E-state index contributed by atoms with van der Waals surface area (Å²) in [6, 6.07) is 59.8. The summed E-state index contributed by atoms with van der Waals surface area (Å²) in [6.45, 7) is 0. The van der Waals surface area contributed by atoms with Crippen molar-refractivity contribution in [2.45, 2.75) is 0 Å². The van der Waals surface area contributed by atoms with Gasteiger partial charge in [-0.3, -0.25) is 0 Å². The van der Waals surface area contributed by atoms with Crippen molar-refractivity contribution in [1.29, 1.82) is 0 Å². The number of para-hydroxylation sites is 1. The van der Waals surface area contributed by atoms with Crippen LogP contribution in [0, 0.1) is 0 Å². The minimum atomic E-state index is 0.595. The number of hydrogen-bond donors (Lipinski definition) is 0. The zero-order chi connectivity index (χ0) is 34.2. The van der Waals surface area contributed by atoms with Crippen molar-refractivity contribution in [3.05, 3.63) is 170 Å². The summed E-state index contributed by atoms with van der Waals surface area (Å²) in [4.78, 5) is 7.32. The highest BCUT2D eigenvalue weighted by molar-refractivity contribution is 7.25. The van der Waals surface area contributed by atoms with Gasteiger partial charge in [0, 0.05) is 42.5 Å². The van der Waals surface area contributed by atoms with Crippen molar-refractivity contribution in [3.63, 3.8) is 0 Å². The van der Waals surface area contributed by atoms with Crippen LogP contribution in [-0.4, -0.2) is 4.98 Å². The van der Waals surface area contributed by atoms with Crippen LogP contribution in [0.25, 0.3) is 86.6 Å². The lowest BCUT2D eigenvalue weighted by Crippen LogP contribution is -2.10. The van der Waals surface area contributed by atoms with Crippen LogP contribution in [0.4, 0.5) is 17.1 Å². The second kappa shape index (κ2) is 11.4. The maximum atomic E-state index is 6.79. The van der Waals surface area contributed by atoms with E-state index in [4.69, 9.17) is 13.8 Å². The number of hydrogen-bond acceptors (Lipinski definition) is 5. The van der Waals surface area contributed by atoms with E-state index in [0.717, 1.165) is 55.7 Å². The van der Waals surface area contributed by atoms with Crippen LogP contribution in [0.2, 0.25) is 0 Å². The number of furan rings is 1. The molecule has 244 valence electrons. The monoisotopic (exact) mass is 684 g/mol. The number of aromatic nitrogens is 1. The maximum absolute atomic E-state index is 6.79.